The lowest BCUT2D eigenvalue weighted by Gasteiger charge is -2.22. The summed E-state index contributed by atoms with van der Waals surface area (Å²) in [6.07, 6.45) is 1.02. The van der Waals surface area contributed by atoms with Crippen molar-refractivity contribution in [1.82, 2.24) is 15.0 Å². The summed E-state index contributed by atoms with van der Waals surface area (Å²) in [4.78, 5) is 15.1. The molecular formula is C14H28N6O. The second kappa shape index (κ2) is 8.61. The minimum absolute atomic E-state index is 0.159. The van der Waals surface area contributed by atoms with Crippen LogP contribution in [0.5, 0.6) is 0 Å². The zero-order valence-corrected chi connectivity index (χ0v) is 14.0. The van der Waals surface area contributed by atoms with E-state index in [0.717, 1.165) is 13.0 Å². The minimum Gasteiger partial charge on any atom is -0.383 e. The maximum Gasteiger partial charge on any atom is 0.231 e. The molecule has 1 atom stereocenters. The lowest BCUT2D eigenvalue weighted by Crippen LogP contribution is -2.31. The molecule has 0 amide bonds. The smallest absolute Gasteiger partial charge is 0.231 e. The molecule has 120 valence electrons. The molecule has 7 nitrogen and oxygen atoms in total. The van der Waals surface area contributed by atoms with Gasteiger partial charge < -0.3 is 20.3 Å². The van der Waals surface area contributed by atoms with E-state index in [9.17, 15) is 0 Å². The second-order valence-electron chi connectivity index (χ2n) is 5.55. The number of hydrogen-bond acceptors (Lipinski definition) is 7. The first-order valence-electron chi connectivity index (χ1n) is 7.40. The number of hydrogen-bond donors (Lipinski definition) is 2. The summed E-state index contributed by atoms with van der Waals surface area (Å²) in [5, 5.41) is 6.54. The van der Waals surface area contributed by atoms with Crippen LogP contribution in [0, 0.1) is 5.92 Å². The molecule has 7 heteroatoms. The SMILES string of the molecule is CCCNc1nc(NC(COC)C(C)C)nc(N(C)C)n1. The van der Waals surface area contributed by atoms with Gasteiger partial charge in [-0.15, -0.1) is 0 Å². The molecule has 1 aromatic rings. The lowest BCUT2D eigenvalue weighted by molar-refractivity contribution is 0.171. The maximum absolute atomic E-state index is 5.25. The molecular weight excluding hydrogens is 268 g/mol. The van der Waals surface area contributed by atoms with E-state index < -0.39 is 0 Å². The number of aromatic nitrogens is 3. The minimum atomic E-state index is 0.159. The van der Waals surface area contributed by atoms with Crippen LogP contribution in [0.25, 0.3) is 0 Å². The molecule has 1 rings (SSSR count). The van der Waals surface area contributed by atoms with Crippen LogP contribution < -0.4 is 15.5 Å². The van der Waals surface area contributed by atoms with Gasteiger partial charge in [-0.2, -0.15) is 15.0 Å². The first kappa shape index (κ1) is 17.4. The predicted molar refractivity (Wildman–Crippen MR) is 87.1 cm³/mol. The summed E-state index contributed by atoms with van der Waals surface area (Å²) >= 11 is 0. The van der Waals surface area contributed by atoms with E-state index in [1.165, 1.54) is 0 Å². The van der Waals surface area contributed by atoms with Crippen LogP contribution in [0.4, 0.5) is 17.8 Å². The molecule has 1 unspecified atom stereocenters. The zero-order chi connectivity index (χ0) is 15.8. The standard InChI is InChI=1S/C14H28N6O/c1-7-8-15-12-17-13(19-14(18-12)20(4)5)16-11(9-21-6)10(2)3/h10-11H,7-9H2,1-6H3,(H2,15,16,17,18,19). The molecule has 21 heavy (non-hydrogen) atoms. The van der Waals surface area contributed by atoms with E-state index in [1.54, 1.807) is 7.11 Å². The number of ether oxygens (including phenoxy) is 1. The molecule has 0 saturated carbocycles. The molecule has 0 radical (unpaired) electrons. The summed E-state index contributed by atoms with van der Waals surface area (Å²) in [6, 6.07) is 0.159. The van der Waals surface area contributed by atoms with Crippen molar-refractivity contribution in [3.05, 3.63) is 0 Å². The van der Waals surface area contributed by atoms with Crippen LogP contribution in [0.3, 0.4) is 0 Å². The van der Waals surface area contributed by atoms with Gasteiger partial charge in [0.25, 0.3) is 0 Å². The Labute approximate surface area is 127 Å². The third kappa shape index (κ3) is 5.71. The number of anilines is 3. The van der Waals surface area contributed by atoms with Crippen LogP contribution in [-0.4, -0.2) is 55.4 Å². The Hall–Kier alpha value is -1.63. The first-order valence-corrected chi connectivity index (χ1v) is 7.40. The van der Waals surface area contributed by atoms with Crippen LogP contribution in [-0.2, 0) is 4.74 Å². The summed E-state index contributed by atoms with van der Waals surface area (Å²) < 4.78 is 5.25. The van der Waals surface area contributed by atoms with Crippen molar-refractivity contribution in [1.29, 1.82) is 0 Å². The Balaban J connectivity index is 2.95. The van der Waals surface area contributed by atoms with Crippen molar-refractivity contribution in [3.63, 3.8) is 0 Å². The Morgan fingerprint density at radius 3 is 2.33 bits per heavy atom. The van der Waals surface area contributed by atoms with Crippen LogP contribution in [0.15, 0.2) is 0 Å². The molecule has 1 heterocycles. The summed E-state index contributed by atoms with van der Waals surface area (Å²) in [6.45, 7) is 7.83. The Kier molecular flexibility index (Phi) is 7.14. The van der Waals surface area contributed by atoms with Gasteiger partial charge in [0, 0.05) is 27.7 Å². The van der Waals surface area contributed by atoms with Gasteiger partial charge in [-0.25, -0.2) is 0 Å². The highest BCUT2D eigenvalue weighted by atomic mass is 16.5. The number of methoxy groups -OCH3 is 1. The van der Waals surface area contributed by atoms with E-state index >= 15 is 0 Å². The summed E-state index contributed by atoms with van der Waals surface area (Å²) in [5.74, 6) is 2.21. The van der Waals surface area contributed by atoms with Crippen LogP contribution in [0.1, 0.15) is 27.2 Å². The van der Waals surface area contributed by atoms with E-state index in [0.29, 0.717) is 30.4 Å². The molecule has 0 aliphatic heterocycles. The lowest BCUT2D eigenvalue weighted by atomic mass is 10.1. The van der Waals surface area contributed by atoms with Crippen molar-refractivity contribution >= 4 is 17.8 Å². The van der Waals surface area contributed by atoms with Crippen molar-refractivity contribution in [2.75, 3.05) is 49.9 Å². The highest BCUT2D eigenvalue weighted by Gasteiger charge is 2.16. The molecule has 0 bridgehead atoms. The fraction of sp³-hybridized carbons (Fsp3) is 0.786. The van der Waals surface area contributed by atoms with Crippen molar-refractivity contribution in [2.45, 2.75) is 33.2 Å². The summed E-state index contributed by atoms with van der Waals surface area (Å²) in [7, 11) is 5.53. The normalized spacial score (nSPS) is 12.3. The molecule has 1 aromatic heterocycles. The topological polar surface area (TPSA) is 75.2 Å². The third-order valence-corrected chi connectivity index (χ3v) is 3.02. The maximum atomic E-state index is 5.25. The van der Waals surface area contributed by atoms with Crippen molar-refractivity contribution < 1.29 is 4.74 Å². The summed E-state index contributed by atoms with van der Waals surface area (Å²) in [5.41, 5.74) is 0. The van der Waals surface area contributed by atoms with Gasteiger partial charge in [-0.1, -0.05) is 20.8 Å². The van der Waals surface area contributed by atoms with E-state index in [1.807, 2.05) is 19.0 Å². The highest BCUT2D eigenvalue weighted by Crippen LogP contribution is 2.14. The van der Waals surface area contributed by atoms with Crippen LogP contribution >= 0.6 is 0 Å². The Morgan fingerprint density at radius 2 is 1.81 bits per heavy atom. The third-order valence-electron chi connectivity index (χ3n) is 3.02. The van der Waals surface area contributed by atoms with Crippen molar-refractivity contribution in [2.24, 2.45) is 5.92 Å². The second-order valence-corrected chi connectivity index (χ2v) is 5.55. The first-order chi connectivity index (χ1) is 9.97. The molecule has 0 aromatic carbocycles. The van der Waals surface area contributed by atoms with Gasteiger partial charge in [0.15, 0.2) is 0 Å². The van der Waals surface area contributed by atoms with Gasteiger partial charge in [0.2, 0.25) is 17.8 Å². The zero-order valence-electron chi connectivity index (χ0n) is 14.0. The number of rotatable bonds is 9. The van der Waals surface area contributed by atoms with E-state index in [4.69, 9.17) is 4.74 Å². The molecule has 0 aliphatic rings. The molecule has 0 aliphatic carbocycles. The Bertz CT molecular complexity index is 424. The average Bonchev–Trinajstić information content (AvgIpc) is 2.44. The Morgan fingerprint density at radius 1 is 1.14 bits per heavy atom. The van der Waals surface area contributed by atoms with Gasteiger partial charge in [-0.3, -0.25) is 0 Å². The molecule has 0 spiro atoms. The quantitative estimate of drug-likeness (QED) is 0.720. The monoisotopic (exact) mass is 296 g/mol. The largest absolute Gasteiger partial charge is 0.383 e. The molecule has 0 saturated heterocycles. The highest BCUT2D eigenvalue weighted by molar-refractivity contribution is 5.43. The van der Waals surface area contributed by atoms with E-state index in [-0.39, 0.29) is 6.04 Å². The van der Waals surface area contributed by atoms with E-state index in [2.05, 4.69) is 46.4 Å². The fourth-order valence-electron chi connectivity index (χ4n) is 1.69. The molecule has 2 N–H and O–H groups in total. The average molecular weight is 296 g/mol. The number of nitrogens with zero attached hydrogens (tertiary/aromatic N) is 4. The van der Waals surface area contributed by atoms with Crippen molar-refractivity contribution in [3.8, 4) is 0 Å². The van der Waals surface area contributed by atoms with Gasteiger partial charge in [0.05, 0.1) is 12.6 Å². The molecule has 0 fully saturated rings. The fourth-order valence-corrected chi connectivity index (χ4v) is 1.69. The van der Waals surface area contributed by atoms with Gasteiger partial charge in [0.1, 0.15) is 0 Å². The predicted octanol–water partition coefficient (Wildman–Crippen LogP) is 1.84. The van der Waals surface area contributed by atoms with Gasteiger partial charge >= 0.3 is 0 Å². The van der Waals surface area contributed by atoms with Gasteiger partial charge in [-0.05, 0) is 12.3 Å². The number of nitrogens with one attached hydrogen (secondary N) is 2. The van der Waals surface area contributed by atoms with Crippen LogP contribution in [0.2, 0.25) is 0 Å².